The Morgan fingerprint density at radius 1 is 1.40 bits per heavy atom. The predicted octanol–water partition coefficient (Wildman–Crippen LogP) is 1.20. The molecule has 0 aliphatic carbocycles. The fraction of sp³-hybridized carbons (Fsp3) is 0.333. The molecule has 0 unspecified atom stereocenters. The van der Waals surface area contributed by atoms with Gasteiger partial charge in [0.25, 0.3) is 5.91 Å². The zero-order valence-electron chi connectivity index (χ0n) is 11.2. The molecular formula is C12H14N2O6. The van der Waals surface area contributed by atoms with Gasteiger partial charge < -0.3 is 15.2 Å². The molecule has 8 heteroatoms. The van der Waals surface area contributed by atoms with Crippen molar-refractivity contribution in [2.75, 3.05) is 7.11 Å². The van der Waals surface area contributed by atoms with E-state index in [1.807, 2.05) is 0 Å². The van der Waals surface area contributed by atoms with E-state index in [0.717, 1.165) is 6.07 Å². The number of nitro groups is 1. The van der Waals surface area contributed by atoms with Gasteiger partial charge in [-0.3, -0.25) is 14.9 Å². The summed E-state index contributed by atoms with van der Waals surface area (Å²) in [6.07, 6.45) is 0. The number of hydrogen-bond donors (Lipinski definition) is 2. The first-order valence-corrected chi connectivity index (χ1v) is 5.57. The fourth-order valence-corrected chi connectivity index (χ4v) is 1.38. The molecule has 0 heterocycles. The van der Waals surface area contributed by atoms with Crippen LogP contribution in [0.15, 0.2) is 18.2 Å². The van der Waals surface area contributed by atoms with Crippen molar-refractivity contribution >= 4 is 17.6 Å². The van der Waals surface area contributed by atoms with Gasteiger partial charge in [0.05, 0.1) is 12.0 Å². The molecule has 2 N–H and O–H groups in total. The number of rotatable bonds is 5. The highest BCUT2D eigenvalue weighted by molar-refractivity contribution is 5.98. The molecule has 1 amide bonds. The number of nitro benzene ring substituents is 1. The van der Waals surface area contributed by atoms with E-state index in [2.05, 4.69) is 5.32 Å². The molecular weight excluding hydrogens is 268 g/mol. The molecule has 1 aromatic rings. The Hall–Kier alpha value is -2.64. The van der Waals surface area contributed by atoms with E-state index >= 15 is 0 Å². The molecule has 0 saturated carbocycles. The third-order valence-corrected chi connectivity index (χ3v) is 2.60. The van der Waals surface area contributed by atoms with Crippen LogP contribution in [0.2, 0.25) is 0 Å². The second kappa shape index (κ2) is 5.55. The quantitative estimate of drug-likeness (QED) is 0.618. The zero-order chi connectivity index (χ0) is 15.5. The van der Waals surface area contributed by atoms with Crippen molar-refractivity contribution < 1.29 is 24.4 Å². The smallest absolute Gasteiger partial charge is 0.328 e. The number of hydrogen-bond acceptors (Lipinski definition) is 5. The summed E-state index contributed by atoms with van der Waals surface area (Å²) in [5, 5.41) is 22.0. The molecule has 0 atom stereocenters. The number of amides is 1. The molecule has 1 rings (SSSR count). The second-order valence-electron chi connectivity index (χ2n) is 4.53. The SMILES string of the molecule is COc1cc(C(=O)NC(C)(C)C(=O)O)ccc1[N+](=O)[O-]. The van der Waals surface area contributed by atoms with E-state index in [9.17, 15) is 19.7 Å². The Balaban J connectivity index is 3.07. The lowest BCUT2D eigenvalue weighted by Crippen LogP contribution is -2.49. The van der Waals surface area contributed by atoms with Crippen LogP contribution >= 0.6 is 0 Å². The summed E-state index contributed by atoms with van der Waals surface area (Å²) in [5.41, 5.74) is -1.66. The number of aliphatic carboxylic acids is 1. The summed E-state index contributed by atoms with van der Waals surface area (Å²) in [6, 6.07) is 3.54. The largest absolute Gasteiger partial charge is 0.490 e. The van der Waals surface area contributed by atoms with E-state index in [0.29, 0.717) is 0 Å². The Morgan fingerprint density at radius 3 is 2.45 bits per heavy atom. The van der Waals surface area contributed by atoms with Gasteiger partial charge in [0.2, 0.25) is 0 Å². The minimum Gasteiger partial charge on any atom is -0.490 e. The van der Waals surface area contributed by atoms with Crippen molar-refractivity contribution in [3.63, 3.8) is 0 Å². The van der Waals surface area contributed by atoms with Crippen molar-refractivity contribution in [1.82, 2.24) is 5.32 Å². The van der Waals surface area contributed by atoms with Crippen LogP contribution in [0.3, 0.4) is 0 Å². The van der Waals surface area contributed by atoms with Crippen molar-refractivity contribution in [1.29, 1.82) is 0 Å². The van der Waals surface area contributed by atoms with Crippen molar-refractivity contribution in [3.05, 3.63) is 33.9 Å². The van der Waals surface area contributed by atoms with Crippen LogP contribution in [0.4, 0.5) is 5.69 Å². The summed E-state index contributed by atoms with van der Waals surface area (Å²) in [5.74, 6) is -1.93. The molecule has 0 aliphatic heterocycles. The summed E-state index contributed by atoms with van der Waals surface area (Å²) in [4.78, 5) is 32.9. The third-order valence-electron chi connectivity index (χ3n) is 2.60. The van der Waals surface area contributed by atoms with Crippen molar-refractivity contribution in [2.24, 2.45) is 0 Å². The third kappa shape index (κ3) is 3.22. The lowest BCUT2D eigenvalue weighted by atomic mass is 10.0. The van der Waals surface area contributed by atoms with Gasteiger partial charge in [-0.25, -0.2) is 4.79 Å². The standard InChI is InChI=1S/C12H14N2O6/c1-12(2,11(16)17)13-10(15)7-4-5-8(14(18)19)9(6-7)20-3/h4-6H,1-3H3,(H,13,15)(H,16,17). The maximum absolute atomic E-state index is 11.9. The second-order valence-corrected chi connectivity index (χ2v) is 4.53. The Bertz CT molecular complexity index is 567. The van der Waals surface area contributed by atoms with E-state index in [1.165, 1.54) is 33.1 Å². The van der Waals surface area contributed by atoms with E-state index in [4.69, 9.17) is 9.84 Å². The number of carbonyl (C=O) groups excluding carboxylic acids is 1. The Labute approximate surface area is 114 Å². The molecule has 20 heavy (non-hydrogen) atoms. The van der Waals surface area contributed by atoms with Gasteiger partial charge in [-0.2, -0.15) is 0 Å². The van der Waals surface area contributed by atoms with Crippen LogP contribution in [0.1, 0.15) is 24.2 Å². The van der Waals surface area contributed by atoms with Crippen LogP contribution in [-0.4, -0.2) is 34.6 Å². The number of methoxy groups -OCH3 is 1. The Morgan fingerprint density at radius 2 is 2.00 bits per heavy atom. The van der Waals surface area contributed by atoms with Gasteiger partial charge >= 0.3 is 11.7 Å². The summed E-state index contributed by atoms with van der Waals surface area (Å²) < 4.78 is 4.84. The van der Waals surface area contributed by atoms with Crippen LogP contribution in [0.25, 0.3) is 0 Å². The van der Waals surface area contributed by atoms with Crippen LogP contribution < -0.4 is 10.1 Å². The zero-order valence-corrected chi connectivity index (χ0v) is 11.2. The predicted molar refractivity (Wildman–Crippen MR) is 68.8 cm³/mol. The number of carbonyl (C=O) groups is 2. The van der Waals surface area contributed by atoms with Gasteiger partial charge in [-0.05, 0) is 19.9 Å². The van der Waals surface area contributed by atoms with E-state index < -0.39 is 22.3 Å². The first kappa shape index (κ1) is 15.4. The first-order valence-electron chi connectivity index (χ1n) is 5.57. The molecule has 0 bridgehead atoms. The molecule has 0 fully saturated rings. The number of ether oxygens (including phenoxy) is 1. The molecule has 8 nitrogen and oxygen atoms in total. The van der Waals surface area contributed by atoms with Crippen molar-refractivity contribution in [2.45, 2.75) is 19.4 Å². The topological polar surface area (TPSA) is 119 Å². The lowest BCUT2D eigenvalue weighted by Gasteiger charge is -2.21. The van der Waals surface area contributed by atoms with Gasteiger partial charge in [-0.1, -0.05) is 0 Å². The van der Waals surface area contributed by atoms with Gasteiger partial charge in [0, 0.05) is 17.7 Å². The van der Waals surface area contributed by atoms with E-state index in [1.54, 1.807) is 0 Å². The highest BCUT2D eigenvalue weighted by atomic mass is 16.6. The fourth-order valence-electron chi connectivity index (χ4n) is 1.38. The highest BCUT2D eigenvalue weighted by Crippen LogP contribution is 2.27. The number of benzene rings is 1. The average molecular weight is 282 g/mol. The minimum absolute atomic E-state index is 0.0711. The monoisotopic (exact) mass is 282 g/mol. The van der Waals surface area contributed by atoms with E-state index in [-0.39, 0.29) is 17.0 Å². The molecule has 0 saturated heterocycles. The normalized spacial score (nSPS) is 10.8. The van der Waals surface area contributed by atoms with Gasteiger partial charge in [-0.15, -0.1) is 0 Å². The van der Waals surface area contributed by atoms with Crippen molar-refractivity contribution in [3.8, 4) is 5.75 Å². The average Bonchev–Trinajstić information content (AvgIpc) is 2.36. The summed E-state index contributed by atoms with van der Waals surface area (Å²) >= 11 is 0. The molecule has 1 aromatic carbocycles. The van der Waals surface area contributed by atoms with Crippen LogP contribution in [0, 0.1) is 10.1 Å². The minimum atomic E-state index is -1.45. The molecule has 108 valence electrons. The molecule has 0 aliphatic rings. The highest BCUT2D eigenvalue weighted by Gasteiger charge is 2.30. The molecule has 0 spiro atoms. The number of nitrogens with one attached hydrogen (secondary N) is 1. The summed E-state index contributed by atoms with van der Waals surface area (Å²) in [6.45, 7) is 2.66. The molecule has 0 aromatic heterocycles. The number of nitrogens with zero attached hydrogens (tertiary/aromatic N) is 1. The number of carboxylic acid groups (broad SMARTS) is 1. The van der Waals surface area contributed by atoms with Gasteiger partial charge in [0.15, 0.2) is 5.75 Å². The number of carboxylic acids is 1. The summed E-state index contributed by atoms with van der Waals surface area (Å²) in [7, 11) is 1.24. The maximum atomic E-state index is 11.9. The first-order chi connectivity index (χ1) is 9.19. The van der Waals surface area contributed by atoms with Crippen LogP contribution in [-0.2, 0) is 4.79 Å². The Kier molecular flexibility index (Phi) is 4.28. The molecule has 0 radical (unpaired) electrons. The lowest BCUT2D eigenvalue weighted by molar-refractivity contribution is -0.385. The van der Waals surface area contributed by atoms with Gasteiger partial charge in [0.1, 0.15) is 5.54 Å². The van der Waals surface area contributed by atoms with Crippen LogP contribution in [0.5, 0.6) is 5.75 Å². The maximum Gasteiger partial charge on any atom is 0.328 e.